The van der Waals surface area contributed by atoms with Gasteiger partial charge in [-0.05, 0) is 31.1 Å². The van der Waals surface area contributed by atoms with Gasteiger partial charge in [0.2, 0.25) is 15.9 Å². The number of hydrogen-bond acceptors (Lipinski definition) is 4. The summed E-state index contributed by atoms with van der Waals surface area (Å²) in [5.41, 5.74) is 0. The second kappa shape index (κ2) is 9.53. The number of carbonyl (C=O) groups excluding carboxylic acids is 1. The van der Waals surface area contributed by atoms with Crippen LogP contribution in [0, 0.1) is 11.8 Å². The van der Waals surface area contributed by atoms with Gasteiger partial charge in [0.1, 0.15) is 0 Å². The molecule has 0 spiro atoms. The van der Waals surface area contributed by atoms with E-state index in [0.29, 0.717) is 24.3 Å². The molecule has 0 bridgehead atoms. The molecule has 0 aliphatic carbocycles. The Morgan fingerprint density at radius 2 is 1.80 bits per heavy atom. The molecule has 2 aliphatic heterocycles. The van der Waals surface area contributed by atoms with E-state index in [2.05, 4.69) is 23.5 Å². The number of hydrogen-bond donors (Lipinski definition) is 1. The van der Waals surface area contributed by atoms with Gasteiger partial charge in [0.25, 0.3) is 0 Å². The van der Waals surface area contributed by atoms with Gasteiger partial charge in [0.15, 0.2) is 0 Å². The number of halogens is 1. The maximum atomic E-state index is 12.2. The molecule has 2 heterocycles. The summed E-state index contributed by atoms with van der Waals surface area (Å²) in [5, 5.41) is 0. The van der Waals surface area contributed by atoms with Crippen LogP contribution in [0.15, 0.2) is 0 Å². The number of nitrogens with one attached hydrogen (secondary N) is 1. The van der Waals surface area contributed by atoms with E-state index in [1.807, 2.05) is 11.8 Å². The van der Waals surface area contributed by atoms with Crippen LogP contribution in [-0.4, -0.2) is 68.1 Å². The fourth-order valence-corrected chi connectivity index (χ4v) is 5.43. The molecule has 0 aromatic carbocycles. The van der Waals surface area contributed by atoms with Gasteiger partial charge in [-0.3, -0.25) is 9.69 Å². The SMILES string of the molecule is CCCS(=O)(=O)N[C@H]1CN(C2CCN(C(C)=O)CC2)C[C@@H]1C(C)C.Cl. The summed E-state index contributed by atoms with van der Waals surface area (Å²) in [6, 6.07) is 0.468. The summed E-state index contributed by atoms with van der Waals surface area (Å²) >= 11 is 0. The summed E-state index contributed by atoms with van der Waals surface area (Å²) in [5.74, 6) is 1.15. The van der Waals surface area contributed by atoms with Crippen LogP contribution >= 0.6 is 12.4 Å². The van der Waals surface area contributed by atoms with Gasteiger partial charge in [0.05, 0.1) is 5.75 Å². The van der Waals surface area contributed by atoms with Crippen LogP contribution in [0.4, 0.5) is 0 Å². The summed E-state index contributed by atoms with van der Waals surface area (Å²) < 4.78 is 27.3. The Morgan fingerprint density at radius 1 is 1.20 bits per heavy atom. The highest BCUT2D eigenvalue weighted by Gasteiger charge is 2.40. The highest BCUT2D eigenvalue weighted by Crippen LogP contribution is 2.29. The molecule has 0 unspecified atom stereocenters. The molecule has 1 amide bonds. The number of carbonyl (C=O) groups is 1. The molecule has 6 nitrogen and oxygen atoms in total. The Hall–Kier alpha value is -0.370. The maximum absolute atomic E-state index is 12.2. The van der Waals surface area contributed by atoms with E-state index in [1.165, 1.54) is 0 Å². The van der Waals surface area contributed by atoms with Crippen LogP contribution in [0.2, 0.25) is 0 Å². The zero-order valence-electron chi connectivity index (χ0n) is 15.9. The second-order valence-electron chi connectivity index (χ2n) is 7.64. The normalized spacial score (nSPS) is 26.0. The number of nitrogens with zero attached hydrogens (tertiary/aromatic N) is 2. The van der Waals surface area contributed by atoms with Crippen molar-refractivity contribution in [3.63, 3.8) is 0 Å². The Balaban J connectivity index is 0.00000312. The lowest BCUT2D eigenvalue weighted by Gasteiger charge is -2.36. The first-order chi connectivity index (χ1) is 11.2. The molecule has 2 rings (SSSR count). The van der Waals surface area contributed by atoms with E-state index in [4.69, 9.17) is 0 Å². The second-order valence-corrected chi connectivity index (χ2v) is 9.52. The lowest BCUT2D eigenvalue weighted by Crippen LogP contribution is -2.46. The summed E-state index contributed by atoms with van der Waals surface area (Å²) in [4.78, 5) is 15.8. The van der Waals surface area contributed by atoms with E-state index >= 15 is 0 Å². The van der Waals surface area contributed by atoms with Gasteiger partial charge in [0, 0.05) is 45.2 Å². The van der Waals surface area contributed by atoms with Crippen LogP contribution in [0.3, 0.4) is 0 Å². The minimum Gasteiger partial charge on any atom is -0.343 e. The van der Waals surface area contributed by atoms with Gasteiger partial charge < -0.3 is 4.90 Å². The highest BCUT2D eigenvalue weighted by molar-refractivity contribution is 7.89. The van der Waals surface area contributed by atoms with E-state index in [1.54, 1.807) is 6.92 Å². The summed E-state index contributed by atoms with van der Waals surface area (Å²) in [7, 11) is -3.19. The number of sulfonamides is 1. The zero-order chi connectivity index (χ0) is 17.9. The average molecular weight is 396 g/mol. The molecule has 1 N–H and O–H groups in total. The Kier molecular flexibility index (Phi) is 8.64. The molecular weight excluding hydrogens is 362 g/mol. The van der Waals surface area contributed by atoms with Crippen LogP contribution in [0.5, 0.6) is 0 Å². The highest BCUT2D eigenvalue weighted by atomic mass is 35.5. The topological polar surface area (TPSA) is 69.7 Å². The molecule has 0 saturated carbocycles. The first kappa shape index (κ1) is 22.7. The third kappa shape index (κ3) is 6.08. The van der Waals surface area contributed by atoms with Crippen molar-refractivity contribution in [2.24, 2.45) is 11.8 Å². The lowest BCUT2D eigenvalue weighted by molar-refractivity contribution is -0.130. The predicted molar refractivity (Wildman–Crippen MR) is 103 cm³/mol. The monoisotopic (exact) mass is 395 g/mol. The average Bonchev–Trinajstić information content (AvgIpc) is 2.90. The minimum absolute atomic E-state index is 0. The van der Waals surface area contributed by atoms with Crippen molar-refractivity contribution in [1.82, 2.24) is 14.5 Å². The van der Waals surface area contributed by atoms with Crippen molar-refractivity contribution >= 4 is 28.3 Å². The van der Waals surface area contributed by atoms with Crippen molar-refractivity contribution < 1.29 is 13.2 Å². The quantitative estimate of drug-likeness (QED) is 0.743. The standard InChI is InChI=1S/C17H33N3O3S.ClH/c1-5-10-24(22,23)18-17-12-20(11-16(17)13(2)3)15-6-8-19(9-7-15)14(4)21;/h13,15-18H,5-12H2,1-4H3;1H/t16-,17+;/m1./s1. The molecule has 0 aromatic heterocycles. The molecule has 0 radical (unpaired) electrons. The molecule has 2 aliphatic rings. The molecule has 0 aromatic rings. The Morgan fingerprint density at radius 3 is 2.28 bits per heavy atom. The Labute approximate surface area is 159 Å². The van der Waals surface area contributed by atoms with Crippen molar-refractivity contribution in [3.05, 3.63) is 0 Å². The van der Waals surface area contributed by atoms with Gasteiger partial charge in [-0.15, -0.1) is 12.4 Å². The third-order valence-corrected chi connectivity index (χ3v) is 7.09. The molecule has 8 heteroatoms. The lowest BCUT2D eigenvalue weighted by atomic mass is 9.92. The number of piperidine rings is 1. The molecule has 2 saturated heterocycles. The van der Waals surface area contributed by atoms with E-state index in [9.17, 15) is 13.2 Å². The largest absolute Gasteiger partial charge is 0.343 e. The fraction of sp³-hybridized carbons (Fsp3) is 0.941. The third-order valence-electron chi connectivity index (χ3n) is 5.48. The van der Waals surface area contributed by atoms with Crippen molar-refractivity contribution in [2.75, 3.05) is 31.9 Å². The van der Waals surface area contributed by atoms with Crippen LogP contribution < -0.4 is 4.72 Å². The van der Waals surface area contributed by atoms with Crippen molar-refractivity contribution in [3.8, 4) is 0 Å². The predicted octanol–water partition coefficient (Wildman–Crippen LogP) is 1.70. The zero-order valence-corrected chi connectivity index (χ0v) is 17.5. The van der Waals surface area contributed by atoms with Crippen molar-refractivity contribution in [1.29, 1.82) is 0 Å². The molecule has 25 heavy (non-hydrogen) atoms. The van der Waals surface area contributed by atoms with Crippen LogP contribution in [0.25, 0.3) is 0 Å². The van der Waals surface area contributed by atoms with E-state index in [0.717, 1.165) is 39.0 Å². The van der Waals surface area contributed by atoms with Crippen LogP contribution in [0.1, 0.15) is 47.0 Å². The fourth-order valence-electron chi connectivity index (χ4n) is 4.06. The molecular formula is C17H34ClN3O3S. The minimum atomic E-state index is -3.19. The van der Waals surface area contributed by atoms with E-state index < -0.39 is 10.0 Å². The molecule has 148 valence electrons. The van der Waals surface area contributed by atoms with Crippen LogP contribution in [-0.2, 0) is 14.8 Å². The van der Waals surface area contributed by atoms with Gasteiger partial charge in [-0.25, -0.2) is 13.1 Å². The maximum Gasteiger partial charge on any atom is 0.219 e. The first-order valence-corrected chi connectivity index (χ1v) is 10.9. The van der Waals surface area contributed by atoms with Gasteiger partial charge in [-0.2, -0.15) is 0 Å². The molecule has 2 fully saturated rings. The van der Waals surface area contributed by atoms with Crippen molar-refractivity contribution in [2.45, 2.75) is 59.0 Å². The van der Waals surface area contributed by atoms with E-state index in [-0.39, 0.29) is 30.1 Å². The number of amides is 1. The molecule has 2 atom stereocenters. The van der Waals surface area contributed by atoms with Gasteiger partial charge in [-0.1, -0.05) is 20.8 Å². The number of likely N-dealkylation sites (tertiary alicyclic amines) is 2. The summed E-state index contributed by atoms with van der Waals surface area (Å²) in [6.45, 7) is 11.2. The summed E-state index contributed by atoms with van der Waals surface area (Å²) in [6.07, 6.45) is 2.61. The van der Waals surface area contributed by atoms with Gasteiger partial charge >= 0.3 is 0 Å². The first-order valence-electron chi connectivity index (χ1n) is 9.23. The number of rotatable bonds is 6. The Bertz CT molecular complexity index is 533. The smallest absolute Gasteiger partial charge is 0.219 e.